The third-order valence-electron chi connectivity index (χ3n) is 16.9. The summed E-state index contributed by atoms with van der Waals surface area (Å²) < 4.78 is 7.71. The molecule has 0 bridgehead atoms. The van der Waals surface area contributed by atoms with Crippen molar-refractivity contribution in [2.75, 3.05) is 24.5 Å². The van der Waals surface area contributed by atoms with E-state index in [0.717, 1.165) is 79.5 Å². The van der Waals surface area contributed by atoms with Crippen LogP contribution in [0, 0.1) is 6.92 Å². The van der Waals surface area contributed by atoms with E-state index in [2.05, 4.69) is 298 Å². The number of rotatable bonds is 7. The van der Waals surface area contributed by atoms with Gasteiger partial charge in [0.2, 0.25) is 0 Å². The van der Waals surface area contributed by atoms with Crippen LogP contribution in [0.1, 0.15) is 5.56 Å². The van der Waals surface area contributed by atoms with Crippen LogP contribution in [0.2, 0.25) is 0 Å². The van der Waals surface area contributed by atoms with E-state index >= 15 is 0 Å². The standard InChI is InChI=1S/C71H47B2N5O/c1-46-42-60-64-61(43-46)77-66-56(72(64)54-36-20-22-38-58(54)75(60)51-32-16-6-17-33-51)40-41-57-67(66)78(69-68(77)70(47-24-8-2-9-25-47)79-71(69)48-26-10-3-11-27-48)63-45-53(74(49-28-12-4-13-29-49)50-30-14-5-15-31-50)44-62-65(63)73(57)55-37-21-23-39-59(55)76(62)52-34-18-7-19-35-52/h2-45H,1H3. The number of aryl methyl sites for hydroxylation is 1. The first-order valence-electron chi connectivity index (χ1n) is 27.3. The van der Waals surface area contributed by atoms with Gasteiger partial charge in [-0.2, -0.15) is 0 Å². The number of nitrogens with zero attached hydrogens (tertiary/aromatic N) is 5. The summed E-state index contributed by atoms with van der Waals surface area (Å²) in [5.41, 5.74) is 27.5. The van der Waals surface area contributed by atoms with Gasteiger partial charge < -0.3 is 28.9 Å². The first-order valence-corrected chi connectivity index (χ1v) is 27.3. The average Bonchev–Trinajstić information content (AvgIpc) is 2.80. The van der Waals surface area contributed by atoms with Crippen LogP contribution in [-0.4, -0.2) is 13.4 Å². The Balaban J connectivity index is 1.05. The van der Waals surface area contributed by atoms with Crippen LogP contribution in [0.25, 0.3) is 22.6 Å². The number of fused-ring (bicyclic) bond motifs is 11. The van der Waals surface area contributed by atoms with E-state index in [1.54, 1.807) is 0 Å². The van der Waals surface area contributed by atoms with Crippen LogP contribution in [-0.2, 0) is 0 Å². The van der Waals surface area contributed by atoms with Crippen molar-refractivity contribution in [1.29, 1.82) is 0 Å². The fourth-order valence-electron chi connectivity index (χ4n) is 13.9. The fraction of sp³-hybridized carbons (Fsp3) is 0.0141. The largest absolute Gasteiger partial charge is 0.452 e. The molecular formula is C71H47B2N5O. The quantitative estimate of drug-likeness (QED) is 0.148. The van der Waals surface area contributed by atoms with Crippen molar-refractivity contribution in [3.63, 3.8) is 0 Å². The van der Waals surface area contributed by atoms with Crippen LogP contribution in [0.15, 0.2) is 271 Å². The molecule has 17 rings (SSSR count). The monoisotopic (exact) mass is 1010 g/mol. The SMILES string of the molecule is Cc1cc2c3c(c1)N1c4c(ccc5c4N(c4cc(N(c6ccccc6)c6ccccc6)cc6c4B5c4ccccc4N6c4ccccc4)c4c(-c5ccccc5)oc(-c5ccccc5)c41)B3c1ccccc1N2c1ccccc1. The maximum Gasteiger partial charge on any atom is 0.252 e. The van der Waals surface area contributed by atoms with Gasteiger partial charge in [-0.25, -0.2) is 0 Å². The lowest BCUT2D eigenvalue weighted by atomic mass is 9.31. The molecule has 5 aliphatic heterocycles. The van der Waals surface area contributed by atoms with E-state index < -0.39 is 0 Å². The second-order valence-electron chi connectivity index (χ2n) is 21.2. The molecule has 79 heavy (non-hydrogen) atoms. The minimum atomic E-state index is -0.126. The lowest BCUT2D eigenvalue weighted by Crippen LogP contribution is -2.65. The molecule has 11 aromatic carbocycles. The van der Waals surface area contributed by atoms with Crippen molar-refractivity contribution < 1.29 is 4.42 Å². The van der Waals surface area contributed by atoms with Gasteiger partial charge in [0.25, 0.3) is 13.4 Å². The Morgan fingerprint density at radius 3 is 1.10 bits per heavy atom. The van der Waals surface area contributed by atoms with Crippen molar-refractivity contribution in [1.82, 2.24) is 0 Å². The molecule has 0 saturated heterocycles. The molecule has 0 spiro atoms. The first-order chi connectivity index (χ1) is 39.2. The molecule has 1 aromatic heterocycles. The first kappa shape index (κ1) is 44.0. The molecule has 5 aliphatic rings. The third kappa shape index (κ3) is 6.25. The number of hydrogen-bond acceptors (Lipinski definition) is 6. The number of anilines is 15. The average molecular weight is 1010 g/mol. The second kappa shape index (κ2) is 16.9. The number of furan rings is 1. The highest BCUT2D eigenvalue weighted by molar-refractivity contribution is 7.03. The van der Waals surface area contributed by atoms with E-state index in [9.17, 15) is 0 Å². The Labute approximate surface area is 460 Å². The van der Waals surface area contributed by atoms with Gasteiger partial charge in [-0.15, -0.1) is 0 Å². The van der Waals surface area contributed by atoms with Crippen molar-refractivity contribution in [2.24, 2.45) is 0 Å². The van der Waals surface area contributed by atoms with Crippen LogP contribution in [0.5, 0.6) is 0 Å². The molecule has 0 unspecified atom stereocenters. The highest BCUT2D eigenvalue weighted by atomic mass is 16.3. The van der Waals surface area contributed by atoms with Crippen molar-refractivity contribution in [2.45, 2.75) is 6.92 Å². The van der Waals surface area contributed by atoms with Gasteiger partial charge in [0.15, 0.2) is 11.5 Å². The molecule has 368 valence electrons. The minimum absolute atomic E-state index is 0.0791. The molecule has 12 aromatic rings. The van der Waals surface area contributed by atoms with Crippen LogP contribution in [0.4, 0.5) is 85.3 Å². The Morgan fingerprint density at radius 2 is 0.658 bits per heavy atom. The molecular weight excluding hydrogens is 960 g/mol. The zero-order chi connectivity index (χ0) is 51.9. The van der Waals surface area contributed by atoms with Crippen LogP contribution in [0.3, 0.4) is 0 Å². The Kier molecular flexibility index (Phi) is 9.42. The van der Waals surface area contributed by atoms with Gasteiger partial charge in [0.05, 0.1) is 17.1 Å². The Bertz CT molecular complexity index is 4380. The Hall–Kier alpha value is -10.2. The summed E-state index contributed by atoms with van der Waals surface area (Å²) in [6, 6.07) is 97.9. The summed E-state index contributed by atoms with van der Waals surface area (Å²) in [5, 5.41) is 0. The minimum Gasteiger partial charge on any atom is -0.452 e. The van der Waals surface area contributed by atoms with E-state index in [1.807, 2.05) is 0 Å². The number of benzene rings is 11. The topological polar surface area (TPSA) is 29.3 Å². The van der Waals surface area contributed by atoms with E-state index in [1.165, 1.54) is 66.8 Å². The summed E-state index contributed by atoms with van der Waals surface area (Å²) in [6.45, 7) is 2.05. The zero-order valence-corrected chi connectivity index (χ0v) is 43.2. The number of para-hydroxylation sites is 6. The van der Waals surface area contributed by atoms with Gasteiger partial charge in [0, 0.05) is 68.0 Å². The predicted molar refractivity (Wildman–Crippen MR) is 331 cm³/mol. The predicted octanol–water partition coefficient (Wildman–Crippen LogP) is 14.9. The van der Waals surface area contributed by atoms with Gasteiger partial charge in [0.1, 0.15) is 11.4 Å². The summed E-state index contributed by atoms with van der Waals surface area (Å²) in [6.07, 6.45) is 0. The summed E-state index contributed by atoms with van der Waals surface area (Å²) in [4.78, 5) is 12.7. The van der Waals surface area contributed by atoms with Gasteiger partial charge in [-0.1, -0.05) is 182 Å². The lowest BCUT2D eigenvalue weighted by Gasteiger charge is -2.51. The fourth-order valence-corrected chi connectivity index (χ4v) is 13.9. The molecule has 0 radical (unpaired) electrons. The molecule has 6 heterocycles. The molecule has 0 saturated carbocycles. The maximum absolute atomic E-state index is 7.71. The smallest absolute Gasteiger partial charge is 0.252 e. The summed E-state index contributed by atoms with van der Waals surface area (Å²) in [7, 11) is 0. The molecule has 6 nitrogen and oxygen atoms in total. The molecule has 0 atom stereocenters. The van der Waals surface area contributed by atoms with Gasteiger partial charge in [-0.3, -0.25) is 0 Å². The molecule has 8 heteroatoms. The van der Waals surface area contributed by atoms with Crippen LogP contribution >= 0.6 is 0 Å². The molecule has 0 N–H and O–H groups in total. The summed E-state index contributed by atoms with van der Waals surface area (Å²) in [5.74, 6) is 1.63. The molecule has 0 amide bonds. The maximum atomic E-state index is 7.71. The van der Waals surface area contributed by atoms with Crippen molar-refractivity contribution in [3.8, 4) is 22.6 Å². The molecule has 0 fully saturated rings. The van der Waals surface area contributed by atoms with Crippen molar-refractivity contribution >= 4 is 132 Å². The van der Waals surface area contributed by atoms with E-state index in [0.29, 0.717) is 0 Å². The molecule has 0 aliphatic carbocycles. The van der Waals surface area contributed by atoms with Gasteiger partial charge in [-0.05, 0) is 130 Å². The zero-order valence-electron chi connectivity index (χ0n) is 43.2. The normalized spacial score (nSPS) is 13.5. The second-order valence-corrected chi connectivity index (χ2v) is 21.2. The number of hydrogen-bond donors (Lipinski definition) is 0. The van der Waals surface area contributed by atoms with Crippen LogP contribution < -0.4 is 57.3 Å². The lowest BCUT2D eigenvalue weighted by molar-refractivity contribution is 0.598. The highest BCUT2D eigenvalue weighted by Gasteiger charge is 2.54. The van der Waals surface area contributed by atoms with E-state index in [-0.39, 0.29) is 13.4 Å². The van der Waals surface area contributed by atoms with Gasteiger partial charge >= 0.3 is 0 Å². The van der Waals surface area contributed by atoms with E-state index in [4.69, 9.17) is 4.42 Å². The highest BCUT2D eigenvalue weighted by Crippen LogP contribution is 2.64. The summed E-state index contributed by atoms with van der Waals surface area (Å²) >= 11 is 0. The Morgan fingerprint density at radius 1 is 0.304 bits per heavy atom. The third-order valence-corrected chi connectivity index (χ3v) is 16.9. The van der Waals surface area contributed by atoms with Crippen molar-refractivity contribution in [3.05, 3.63) is 272 Å².